The quantitative estimate of drug-likeness (QED) is 0.125. The molecule has 2 heterocycles. The first-order valence-corrected chi connectivity index (χ1v) is 12.4. The van der Waals surface area contributed by atoms with Crippen molar-refractivity contribution in [3.05, 3.63) is 0 Å². The Bertz CT molecular complexity index is 701. The number of urea groups is 1. The van der Waals surface area contributed by atoms with Crippen LogP contribution in [0.25, 0.3) is 0 Å². The molecule has 156 valence electrons. The molecule has 0 bridgehead atoms. The molecule has 0 aromatic heterocycles. The molecular weight excluding hydrogens is 594 g/mol. The second kappa shape index (κ2) is 14.4. The van der Waals surface area contributed by atoms with Crippen LogP contribution in [0, 0.1) is 0 Å². The maximum atomic E-state index is 12.1. The van der Waals surface area contributed by atoms with Crippen molar-refractivity contribution in [3.63, 3.8) is 0 Å². The monoisotopic (exact) mass is 610 g/mol. The van der Waals surface area contributed by atoms with Gasteiger partial charge in [0, 0.05) is 28.0 Å². The summed E-state index contributed by atoms with van der Waals surface area (Å²) in [4.78, 5) is 57.7. The SMILES string of the molecule is CO[C@@H]1[C@@H](COP(=O)([O-])P(=O)([O-])[O-])OC(N2CC(I)C(=O)NC2=O)[C@@H]1OC.[Na+].[Na+].[Na+]. The third-order valence-electron chi connectivity index (χ3n) is 3.97. The van der Waals surface area contributed by atoms with Gasteiger partial charge in [0.2, 0.25) is 5.91 Å². The molecule has 0 aliphatic carbocycles. The minimum Gasteiger partial charge on any atom is -0.805 e. The molecule has 6 atom stereocenters. The number of methoxy groups -OCH3 is 2. The van der Waals surface area contributed by atoms with Crippen molar-refractivity contribution in [2.75, 3.05) is 27.4 Å². The molecule has 0 saturated carbocycles. The van der Waals surface area contributed by atoms with E-state index in [1.165, 1.54) is 19.1 Å². The second-order valence-electron chi connectivity index (χ2n) is 5.61. The van der Waals surface area contributed by atoms with Crippen molar-refractivity contribution < 1.29 is 141 Å². The standard InChI is InChI=1S/C11H19IN2O11P2.3Na/c1-22-7-6(4-24-27(20,21)26(17,18)19)25-10(8(7)23-2)14-3-5(12)9(15)13-11(14)16;;;/h5-8,10H,3-4H2,1-2H3,(H,20,21)(H,13,15,16)(H2,17,18,19);;;/q;3*+1/p-3/t5?,6-,7-,8-,10?;;;/m1.../s1. The second-order valence-corrected chi connectivity index (χ2v) is 12.2. The van der Waals surface area contributed by atoms with Gasteiger partial charge >= 0.3 is 94.7 Å². The molecular formula is C11H16IN2Na3O11P2. The first kappa shape index (κ1) is 35.0. The zero-order chi connectivity index (χ0) is 20.6. The zero-order valence-electron chi connectivity index (χ0n) is 17.0. The Morgan fingerprint density at radius 3 is 2.13 bits per heavy atom. The molecule has 3 unspecified atom stereocenters. The summed E-state index contributed by atoms with van der Waals surface area (Å²) in [6.07, 6.45) is -4.09. The minimum atomic E-state index is -6.01. The average molecular weight is 610 g/mol. The van der Waals surface area contributed by atoms with Gasteiger partial charge in [-0.2, -0.15) is 0 Å². The van der Waals surface area contributed by atoms with E-state index in [1.54, 1.807) is 0 Å². The van der Waals surface area contributed by atoms with Crippen LogP contribution in [0.4, 0.5) is 4.79 Å². The van der Waals surface area contributed by atoms with Crippen molar-refractivity contribution in [1.82, 2.24) is 10.2 Å². The molecule has 0 radical (unpaired) electrons. The third kappa shape index (κ3) is 8.21. The van der Waals surface area contributed by atoms with Crippen LogP contribution in [0.5, 0.6) is 0 Å². The van der Waals surface area contributed by atoms with Gasteiger partial charge in [-0.25, -0.2) is 4.79 Å². The van der Waals surface area contributed by atoms with Crippen LogP contribution in [0.3, 0.4) is 0 Å². The summed E-state index contributed by atoms with van der Waals surface area (Å²) in [5.41, 5.74) is 0. The number of imide groups is 1. The van der Waals surface area contributed by atoms with Crippen molar-refractivity contribution in [3.8, 4) is 0 Å². The van der Waals surface area contributed by atoms with Crippen LogP contribution in [0.2, 0.25) is 0 Å². The number of carbonyl (C=O) groups excluding carboxylic acids is 2. The molecule has 0 spiro atoms. The summed E-state index contributed by atoms with van der Waals surface area (Å²) >= 11 is 1.83. The fraction of sp³-hybridized carbons (Fsp3) is 0.818. The molecule has 0 aromatic rings. The van der Waals surface area contributed by atoms with Gasteiger partial charge in [0.05, 0.1) is 6.61 Å². The summed E-state index contributed by atoms with van der Waals surface area (Å²) in [6, 6.07) is -0.741. The fourth-order valence-electron chi connectivity index (χ4n) is 2.68. The molecule has 2 rings (SSSR count). The van der Waals surface area contributed by atoms with Gasteiger partial charge in [-0.1, -0.05) is 22.6 Å². The van der Waals surface area contributed by atoms with Gasteiger partial charge in [-0.3, -0.25) is 15.0 Å². The Hall–Kier alpha value is 2.85. The van der Waals surface area contributed by atoms with Crippen LogP contribution in [-0.4, -0.2) is 72.7 Å². The summed E-state index contributed by atoms with van der Waals surface area (Å²) in [7, 11) is -9.14. The molecule has 13 nitrogen and oxygen atoms in total. The first-order valence-electron chi connectivity index (χ1n) is 7.37. The van der Waals surface area contributed by atoms with E-state index in [1.807, 2.05) is 22.6 Å². The number of nitrogens with zero attached hydrogens (tertiary/aromatic N) is 1. The average Bonchev–Trinajstić information content (AvgIpc) is 2.92. The summed E-state index contributed by atoms with van der Waals surface area (Å²) in [6.45, 7) is -0.845. The van der Waals surface area contributed by atoms with Crippen LogP contribution in [-0.2, 0) is 32.7 Å². The molecule has 1 N–H and O–H groups in total. The number of alkyl halides is 1. The molecule has 2 aliphatic rings. The third-order valence-corrected chi connectivity index (χ3v) is 8.15. The zero-order valence-corrected chi connectivity index (χ0v) is 27.0. The van der Waals surface area contributed by atoms with Gasteiger partial charge in [0.1, 0.15) is 22.2 Å². The van der Waals surface area contributed by atoms with E-state index in [9.17, 15) is 33.4 Å². The maximum Gasteiger partial charge on any atom is 1.00 e. The molecule has 2 saturated heterocycles. The van der Waals surface area contributed by atoms with Gasteiger partial charge in [-0.05, 0) is 0 Å². The molecule has 30 heavy (non-hydrogen) atoms. The predicted molar refractivity (Wildman–Crippen MR) is 89.5 cm³/mol. The van der Waals surface area contributed by atoms with E-state index < -0.39 is 61.6 Å². The normalized spacial score (nSPS) is 31.0. The van der Waals surface area contributed by atoms with Gasteiger partial charge < -0.3 is 42.5 Å². The Labute approximate surface area is 252 Å². The molecule has 19 heteroatoms. The molecule has 2 aliphatic heterocycles. The predicted octanol–water partition coefficient (Wildman–Crippen LogP) is -11.5. The number of amides is 3. The number of carbonyl (C=O) groups is 2. The number of rotatable bonds is 7. The largest absolute Gasteiger partial charge is 1.00 e. The van der Waals surface area contributed by atoms with Crippen molar-refractivity contribution in [2.45, 2.75) is 28.5 Å². The molecule has 3 amide bonds. The summed E-state index contributed by atoms with van der Waals surface area (Å²) < 4.78 is 41.9. The van der Waals surface area contributed by atoms with E-state index in [0.717, 1.165) is 0 Å². The van der Waals surface area contributed by atoms with Gasteiger partial charge in [0.15, 0.2) is 13.5 Å². The van der Waals surface area contributed by atoms with E-state index in [4.69, 9.17) is 14.2 Å². The summed E-state index contributed by atoms with van der Waals surface area (Å²) in [5, 5.41) is 2.14. The van der Waals surface area contributed by atoms with Crippen LogP contribution >= 0.6 is 37.2 Å². The minimum absolute atomic E-state index is 0. The summed E-state index contributed by atoms with van der Waals surface area (Å²) in [5.74, 6) is -0.471. The van der Waals surface area contributed by atoms with Crippen molar-refractivity contribution in [1.29, 1.82) is 0 Å². The number of ether oxygens (including phenoxy) is 3. The van der Waals surface area contributed by atoms with E-state index in [0.29, 0.717) is 0 Å². The van der Waals surface area contributed by atoms with E-state index >= 15 is 0 Å². The Morgan fingerprint density at radius 1 is 1.13 bits per heavy atom. The topological polar surface area (TPSA) is 190 Å². The smallest absolute Gasteiger partial charge is 0.805 e. The van der Waals surface area contributed by atoms with Gasteiger partial charge in [-0.15, -0.1) is 0 Å². The molecule has 2 fully saturated rings. The maximum absolute atomic E-state index is 12.1. The molecule has 0 aromatic carbocycles. The van der Waals surface area contributed by atoms with Crippen molar-refractivity contribution in [2.24, 2.45) is 0 Å². The Kier molecular flexibility index (Phi) is 16.8. The number of hydrogen-bond acceptors (Lipinski definition) is 11. The number of hydrogen-bond donors (Lipinski definition) is 1. The van der Waals surface area contributed by atoms with Gasteiger partial charge in [0.25, 0.3) is 0 Å². The van der Waals surface area contributed by atoms with E-state index in [2.05, 4.69) is 9.84 Å². The van der Waals surface area contributed by atoms with Crippen LogP contribution in [0.1, 0.15) is 0 Å². The fourth-order valence-corrected chi connectivity index (χ4v) is 4.36. The number of nitrogens with one attached hydrogen (secondary N) is 1. The Balaban J connectivity index is 0. The Morgan fingerprint density at radius 2 is 1.67 bits per heavy atom. The van der Waals surface area contributed by atoms with E-state index in [-0.39, 0.29) is 95.2 Å². The van der Waals surface area contributed by atoms with Crippen LogP contribution < -0.4 is 109 Å². The first-order chi connectivity index (χ1) is 12.4. The number of halogens is 1. The van der Waals surface area contributed by atoms with Crippen molar-refractivity contribution >= 4 is 49.1 Å². The van der Waals surface area contributed by atoms with Crippen LogP contribution in [0.15, 0.2) is 0 Å².